The van der Waals surface area contributed by atoms with Gasteiger partial charge in [0, 0.05) is 30.5 Å². The average molecular weight is 354 g/mol. The molecule has 128 valence electrons. The lowest BCUT2D eigenvalue weighted by atomic mass is 10.1. The van der Waals surface area contributed by atoms with Gasteiger partial charge < -0.3 is 9.26 Å². The van der Waals surface area contributed by atoms with Crippen LogP contribution in [0.3, 0.4) is 0 Å². The summed E-state index contributed by atoms with van der Waals surface area (Å²) < 4.78 is 44.6. The third-order valence-electron chi connectivity index (χ3n) is 3.77. The molecule has 0 saturated carbocycles. The summed E-state index contributed by atoms with van der Waals surface area (Å²) >= 11 is 0. The van der Waals surface area contributed by atoms with E-state index in [0.29, 0.717) is 11.4 Å². The molecule has 2 aromatic rings. The molecule has 1 aromatic heterocycles. The summed E-state index contributed by atoms with van der Waals surface area (Å²) in [5, 5.41) is 3.92. The molecule has 1 amide bonds. The Morgan fingerprint density at radius 1 is 1.42 bits per heavy atom. The van der Waals surface area contributed by atoms with E-state index in [-0.39, 0.29) is 24.8 Å². The van der Waals surface area contributed by atoms with E-state index in [1.807, 2.05) is 6.07 Å². The van der Waals surface area contributed by atoms with Crippen molar-refractivity contribution in [2.75, 3.05) is 24.3 Å². The summed E-state index contributed by atoms with van der Waals surface area (Å²) in [6, 6.07) is 8.75. The highest BCUT2D eigenvalue weighted by Crippen LogP contribution is 2.30. The van der Waals surface area contributed by atoms with E-state index in [1.54, 1.807) is 31.4 Å². The second-order valence-electron chi connectivity index (χ2n) is 5.56. The van der Waals surface area contributed by atoms with Crippen molar-refractivity contribution < 1.29 is 26.4 Å². The number of methoxy groups -OCH3 is 1. The highest BCUT2D eigenvalue weighted by Gasteiger charge is 2.35. The minimum absolute atomic E-state index is 0.0433. The van der Waals surface area contributed by atoms with E-state index >= 15 is 0 Å². The minimum atomic E-state index is -4.62. The summed E-state index contributed by atoms with van der Waals surface area (Å²) in [6.07, 6.45) is -0.0433. The molecular formula is C15H15FN2O5S. The van der Waals surface area contributed by atoms with Gasteiger partial charge in [0.25, 0.3) is 0 Å². The zero-order valence-electron chi connectivity index (χ0n) is 12.8. The molecular weight excluding hydrogens is 339 g/mol. The SMILES string of the molecule is COc1cccc(-c2cc(N3CC(CS(=O)(=O)F)CC3=O)on2)c1. The van der Waals surface area contributed by atoms with Crippen molar-refractivity contribution >= 4 is 22.0 Å². The first kappa shape index (κ1) is 16.4. The van der Waals surface area contributed by atoms with Gasteiger partial charge in [0.05, 0.1) is 12.9 Å². The second-order valence-corrected chi connectivity index (χ2v) is 6.97. The van der Waals surface area contributed by atoms with Crippen LogP contribution in [-0.2, 0) is 15.0 Å². The van der Waals surface area contributed by atoms with Crippen LogP contribution in [0.4, 0.5) is 9.77 Å². The van der Waals surface area contributed by atoms with Crippen molar-refractivity contribution in [3.05, 3.63) is 30.3 Å². The van der Waals surface area contributed by atoms with Gasteiger partial charge in [0.2, 0.25) is 11.8 Å². The second kappa shape index (κ2) is 6.23. The van der Waals surface area contributed by atoms with E-state index in [9.17, 15) is 17.1 Å². The van der Waals surface area contributed by atoms with Gasteiger partial charge in [-0.25, -0.2) is 0 Å². The fraction of sp³-hybridized carbons (Fsp3) is 0.333. The molecule has 1 fully saturated rings. The Bertz CT molecular complexity index is 864. The van der Waals surface area contributed by atoms with Gasteiger partial charge >= 0.3 is 10.2 Å². The molecule has 1 aromatic carbocycles. The van der Waals surface area contributed by atoms with E-state index in [2.05, 4.69) is 5.16 Å². The Labute approximate surface area is 138 Å². The predicted molar refractivity (Wildman–Crippen MR) is 83.8 cm³/mol. The Balaban J connectivity index is 1.79. The largest absolute Gasteiger partial charge is 0.497 e. The van der Waals surface area contributed by atoms with Crippen LogP contribution in [0.25, 0.3) is 11.3 Å². The number of anilines is 1. The third-order valence-corrected chi connectivity index (χ3v) is 4.64. The van der Waals surface area contributed by atoms with Crippen LogP contribution >= 0.6 is 0 Å². The summed E-state index contributed by atoms with van der Waals surface area (Å²) in [6.45, 7) is 0.0781. The lowest BCUT2D eigenvalue weighted by molar-refractivity contribution is -0.117. The van der Waals surface area contributed by atoms with Crippen LogP contribution in [0, 0.1) is 5.92 Å². The monoisotopic (exact) mass is 354 g/mol. The van der Waals surface area contributed by atoms with Crippen molar-refractivity contribution in [2.45, 2.75) is 6.42 Å². The molecule has 0 spiro atoms. The molecule has 24 heavy (non-hydrogen) atoms. The Hall–Kier alpha value is -2.42. The molecule has 0 radical (unpaired) electrons. The van der Waals surface area contributed by atoms with E-state index in [4.69, 9.17) is 9.26 Å². The number of nitrogens with zero attached hydrogens (tertiary/aromatic N) is 2. The number of ether oxygens (including phenoxy) is 1. The molecule has 1 saturated heterocycles. The predicted octanol–water partition coefficient (Wildman–Crippen LogP) is 2.00. The van der Waals surface area contributed by atoms with Crippen molar-refractivity contribution in [1.82, 2.24) is 5.16 Å². The van der Waals surface area contributed by atoms with Crippen molar-refractivity contribution in [2.24, 2.45) is 5.92 Å². The minimum Gasteiger partial charge on any atom is -0.497 e. The molecule has 1 atom stereocenters. The molecule has 1 aliphatic rings. The van der Waals surface area contributed by atoms with Crippen LogP contribution in [0.1, 0.15) is 6.42 Å². The smallest absolute Gasteiger partial charge is 0.302 e. The quantitative estimate of drug-likeness (QED) is 0.763. The molecule has 0 N–H and O–H groups in total. The molecule has 9 heteroatoms. The van der Waals surface area contributed by atoms with Crippen molar-refractivity contribution in [3.63, 3.8) is 0 Å². The van der Waals surface area contributed by atoms with Gasteiger partial charge in [-0.2, -0.15) is 8.42 Å². The lowest BCUT2D eigenvalue weighted by Gasteiger charge is -2.11. The van der Waals surface area contributed by atoms with Crippen molar-refractivity contribution in [1.29, 1.82) is 0 Å². The zero-order chi connectivity index (χ0) is 17.3. The van der Waals surface area contributed by atoms with Gasteiger partial charge in [0.15, 0.2) is 0 Å². The van der Waals surface area contributed by atoms with Gasteiger partial charge in [-0.05, 0) is 12.1 Å². The van der Waals surface area contributed by atoms with Gasteiger partial charge in [-0.3, -0.25) is 9.69 Å². The maximum Gasteiger partial charge on any atom is 0.302 e. The Morgan fingerprint density at radius 3 is 2.92 bits per heavy atom. The summed E-state index contributed by atoms with van der Waals surface area (Å²) in [4.78, 5) is 13.3. The highest BCUT2D eigenvalue weighted by atomic mass is 32.3. The highest BCUT2D eigenvalue weighted by molar-refractivity contribution is 7.86. The molecule has 7 nitrogen and oxygen atoms in total. The topological polar surface area (TPSA) is 89.7 Å². The molecule has 0 aliphatic carbocycles. The number of hydrogen-bond donors (Lipinski definition) is 0. The number of amides is 1. The number of halogens is 1. The number of aromatic nitrogens is 1. The molecule has 3 rings (SSSR count). The summed E-state index contributed by atoms with van der Waals surface area (Å²) in [5.74, 6) is -0.736. The van der Waals surface area contributed by atoms with Crippen LogP contribution in [0.5, 0.6) is 5.75 Å². The number of carbonyl (C=O) groups excluding carboxylic acids is 1. The van der Waals surface area contributed by atoms with Crippen LogP contribution in [-0.4, -0.2) is 38.9 Å². The van der Waals surface area contributed by atoms with E-state index in [0.717, 1.165) is 5.56 Å². The number of carbonyl (C=O) groups is 1. The zero-order valence-corrected chi connectivity index (χ0v) is 13.6. The van der Waals surface area contributed by atoms with Crippen LogP contribution in [0.2, 0.25) is 0 Å². The van der Waals surface area contributed by atoms with Crippen LogP contribution in [0.15, 0.2) is 34.9 Å². The molecule has 2 heterocycles. The average Bonchev–Trinajstić information content (AvgIpc) is 3.12. The fourth-order valence-electron chi connectivity index (χ4n) is 2.70. The summed E-state index contributed by atoms with van der Waals surface area (Å²) in [7, 11) is -3.07. The number of hydrogen-bond acceptors (Lipinski definition) is 6. The standard InChI is InChI=1S/C15H15FN2O5S/c1-22-12-4-2-3-11(6-12)13-7-15(23-17-13)18-8-10(5-14(18)19)9-24(16,20)21/h2-4,6-7,10H,5,8-9H2,1H3. The van der Waals surface area contributed by atoms with Gasteiger partial charge in [0.1, 0.15) is 11.4 Å². The van der Waals surface area contributed by atoms with Gasteiger partial charge in [-0.15, -0.1) is 3.89 Å². The maximum absolute atomic E-state index is 12.8. The van der Waals surface area contributed by atoms with E-state index in [1.165, 1.54) is 4.90 Å². The van der Waals surface area contributed by atoms with Crippen molar-refractivity contribution in [3.8, 4) is 17.0 Å². The Kier molecular flexibility index (Phi) is 4.27. The first-order chi connectivity index (χ1) is 11.4. The third kappa shape index (κ3) is 3.56. The first-order valence-corrected chi connectivity index (χ1v) is 8.75. The summed E-state index contributed by atoms with van der Waals surface area (Å²) in [5.41, 5.74) is 1.26. The number of rotatable bonds is 5. The molecule has 0 bridgehead atoms. The molecule has 1 unspecified atom stereocenters. The fourth-order valence-corrected chi connectivity index (χ4v) is 3.49. The normalized spacial score (nSPS) is 18.2. The maximum atomic E-state index is 12.8. The lowest BCUT2D eigenvalue weighted by Crippen LogP contribution is -2.24. The number of benzene rings is 1. The Morgan fingerprint density at radius 2 is 2.21 bits per heavy atom. The van der Waals surface area contributed by atoms with E-state index < -0.39 is 21.9 Å². The van der Waals surface area contributed by atoms with Crippen LogP contribution < -0.4 is 9.64 Å². The first-order valence-electron chi connectivity index (χ1n) is 7.19. The van der Waals surface area contributed by atoms with Gasteiger partial charge in [-0.1, -0.05) is 17.3 Å². The molecule has 1 aliphatic heterocycles.